The first-order chi connectivity index (χ1) is 6.24. The van der Waals surface area contributed by atoms with Gasteiger partial charge in [-0.2, -0.15) is 0 Å². The lowest BCUT2D eigenvalue weighted by molar-refractivity contribution is -0.133. The molecule has 1 heterocycles. The molecule has 4 heteroatoms. The van der Waals surface area contributed by atoms with Crippen LogP contribution in [0.4, 0.5) is 0 Å². The number of rotatable bonds is 0. The Bertz CT molecular complexity index is 379. The molecule has 0 radical (unpaired) electrons. The number of carbonyl (C=O) groups excluding carboxylic acids is 1. The van der Waals surface area contributed by atoms with Crippen LogP contribution in [0.25, 0.3) is 0 Å². The molecular weight excluding hydrogens is 234 g/mol. The molecule has 0 unspecified atom stereocenters. The van der Waals surface area contributed by atoms with Crippen molar-refractivity contribution in [1.29, 1.82) is 0 Å². The van der Waals surface area contributed by atoms with Gasteiger partial charge in [0.15, 0.2) is 0 Å². The van der Waals surface area contributed by atoms with Gasteiger partial charge >= 0.3 is 5.97 Å². The van der Waals surface area contributed by atoms with Gasteiger partial charge in [0.05, 0.1) is 11.6 Å². The lowest BCUT2D eigenvalue weighted by Crippen LogP contribution is -1.95. The Balaban J connectivity index is 2.89. The molecule has 3 nitrogen and oxygen atoms in total. The molecule has 0 saturated carbocycles. The highest BCUT2D eigenvalue weighted by Crippen LogP contribution is 2.11. The molecule has 1 aromatic rings. The molecule has 1 aromatic heterocycles. The molecule has 0 spiro atoms. The molecule has 0 amide bonds. The number of ether oxygens (including phenoxy) is 1. The average Bonchev–Trinajstić information content (AvgIpc) is 2.16. The van der Waals surface area contributed by atoms with E-state index in [1.807, 2.05) is 0 Å². The van der Waals surface area contributed by atoms with Crippen LogP contribution in [0.3, 0.4) is 0 Å². The third-order valence-corrected chi connectivity index (χ3v) is 1.87. The summed E-state index contributed by atoms with van der Waals surface area (Å²) in [6.07, 6.45) is 1.60. The Morgan fingerprint density at radius 1 is 1.69 bits per heavy atom. The third kappa shape index (κ3) is 2.88. The van der Waals surface area contributed by atoms with Crippen molar-refractivity contribution in [3.05, 3.63) is 28.5 Å². The van der Waals surface area contributed by atoms with Crippen LogP contribution in [-0.4, -0.2) is 18.1 Å². The van der Waals surface area contributed by atoms with Gasteiger partial charge in [-0.1, -0.05) is 0 Å². The second-order valence-corrected chi connectivity index (χ2v) is 2.93. The SMILES string of the molecule is COC(=O)C#Cc1ncccc1Br. The molecule has 0 bridgehead atoms. The normalized spacial score (nSPS) is 8.46. The Hall–Kier alpha value is -1.34. The highest BCUT2D eigenvalue weighted by atomic mass is 79.9. The van der Waals surface area contributed by atoms with E-state index in [-0.39, 0.29) is 0 Å². The first kappa shape index (κ1) is 9.75. The van der Waals surface area contributed by atoms with Crippen molar-refractivity contribution >= 4 is 21.9 Å². The number of pyridine rings is 1. The van der Waals surface area contributed by atoms with Crippen LogP contribution in [-0.2, 0) is 9.53 Å². The first-order valence-corrected chi connectivity index (χ1v) is 4.24. The number of methoxy groups -OCH3 is 1. The van der Waals surface area contributed by atoms with E-state index in [1.54, 1.807) is 18.3 Å². The molecule has 0 N–H and O–H groups in total. The van der Waals surface area contributed by atoms with E-state index in [0.29, 0.717) is 5.69 Å². The molecule has 0 aliphatic carbocycles. The molecule has 0 aliphatic heterocycles. The van der Waals surface area contributed by atoms with E-state index >= 15 is 0 Å². The minimum absolute atomic E-state index is 0.521. The van der Waals surface area contributed by atoms with Crippen LogP contribution >= 0.6 is 15.9 Å². The van der Waals surface area contributed by atoms with Crippen molar-refractivity contribution in [2.75, 3.05) is 7.11 Å². The van der Waals surface area contributed by atoms with Crippen LogP contribution < -0.4 is 0 Å². The molecule has 66 valence electrons. The van der Waals surface area contributed by atoms with Crippen LogP contribution in [0.2, 0.25) is 0 Å². The van der Waals surface area contributed by atoms with Gasteiger partial charge in [0.1, 0.15) is 5.69 Å². The van der Waals surface area contributed by atoms with Crippen molar-refractivity contribution in [2.45, 2.75) is 0 Å². The number of halogens is 1. The fourth-order valence-corrected chi connectivity index (χ4v) is 0.993. The Morgan fingerprint density at radius 2 is 2.46 bits per heavy atom. The highest BCUT2D eigenvalue weighted by molar-refractivity contribution is 9.10. The summed E-state index contributed by atoms with van der Waals surface area (Å²) < 4.78 is 5.11. The summed E-state index contributed by atoms with van der Waals surface area (Å²) in [4.78, 5) is 14.6. The summed E-state index contributed by atoms with van der Waals surface area (Å²) in [6.45, 7) is 0. The summed E-state index contributed by atoms with van der Waals surface area (Å²) in [7, 11) is 1.28. The maximum atomic E-state index is 10.7. The fourth-order valence-electron chi connectivity index (χ4n) is 0.639. The molecule has 0 fully saturated rings. The number of aromatic nitrogens is 1. The quantitative estimate of drug-likeness (QED) is 0.507. The summed E-state index contributed by atoms with van der Waals surface area (Å²) in [5, 5.41) is 0. The number of hydrogen-bond donors (Lipinski definition) is 0. The van der Waals surface area contributed by atoms with Crippen LogP contribution in [0.15, 0.2) is 22.8 Å². The van der Waals surface area contributed by atoms with Gasteiger partial charge in [-0.3, -0.25) is 0 Å². The van der Waals surface area contributed by atoms with Crippen molar-refractivity contribution in [3.63, 3.8) is 0 Å². The second kappa shape index (κ2) is 4.63. The minimum atomic E-state index is -0.572. The summed E-state index contributed by atoms with van der Waals surface area (Å²) in [5.41, 5.74) is 0.521. The third-order valence-electron chi connectivity index (χ3n) is 1.23. The number of carbonyl (C=O) groups is 1. The van der Waals surface area contributed by atoms with Gasteiger partial charge in [-0.05, 0) is 34.0 Å². The average molecular weight is 240 g/mol. The number of nitrogens with zero attached hydrogens (tertiary/aromatic N) is 1. The van der Waals surface area contributed by atoms with Crippen molar-refractivity contribution in [1.82, 2.24) is 4.98 Å². The van der Waals surface area contributed by atoms with E-state index in [2.05, 4.69) is 37.5 Å². The van der Waals surface area contributed by atoms with E-state index in [0.717, 1.165) is 4.47 Å². The highest BCUT2D eigenvalue weighted by Gasteiger charge is 1.95. The Labute approximate surface area is 84.3 Å². The number of esters is 1. The predicted molar refractivity (Wildman–Crippen MR) is 50.8 cm³/mol. The molecule has 0 atom stereocenters. The second-order valence-electron chi connectivity index (χ2n) is 2.08. The molecule has 0 aromatic carbocycles. The molecule has 0 aliphatic rings. The van der Waals surface area contributed by atoms with E-state index in [9.17, 15) is 4.79 Å². The molecular formula is C9H6BrNO2. The Morgan fingerprint density at radius 3 is 3.08 bits per heavy atom. The van der Waals surface area contributed by atoms with E-state index in [4.69, 9.17) is 0 Å². The topological polar surface area (TPSA) is 39.2 Å². The molecule has 13 heavy (non-hydrogen) atoms. The summed E-state index contributed by atoms with van der Waals surface area (Å²) in [5.74, 6) is 4.30. The predicted octanol–water partition coefficient (Wildman–Crippen LogP) is 1.37. The summed E-state index contributed by atoms with van der Waals surface area (Å²) in [6, 6.07) is 3.57. The monoisotopic (exact) mass is 239 g/mol. The lowest BCUT2D eigenvalue weighted by Gasteiger charge is -1.91. The first-order valence-electron chi connectivity index (χ1n) is 3.44. The number of hydrogen-bond acceptors (Lipinski definition) is 3. The van der Waals surface area contributed by atoms with Gasteiger partial charge in [-0.15, -0.1) is 0 Å². The summed E-state index contributed by atoms with van der Waals surface area (Å²) >= 11 is 3.25. The molecule has 0 saturated heterocycles. The van der Waals surface area contributed by atoms with Crippen LogP contribution in [0, 0.1) is 11.8 Å². The zero-order valence-corrected chi connectivity index (χ0v) is 8.46. The van der Waals surface area contributed by atoms with E-state index in [1.165, 1.54) is 7.11 Å². The fraction of sp³-hybridized carbons (Fsp3) is 0.111. The van der Waals surface area contributed by atoms with Gasteiger partial charge in [0.2, 0.25) is 0 Å². The largest absolute Gasteiger partial charge is 0.459 e. The maximum absolute atomic E-state index is 10.7. The zero-order valence-electron chi connectivity index (χ0n) is 6.87. The lowest BCUT2D eigenvalue weighted by atomic mass is 10.3. The van der Waals surface area contributed by atoms with Gasteiger partial charge in [-0.25, -0.2) is 9.78 Å². The van der Waals surface area contributed by atoms with Crippen LogP contribution in [0.5, 0.6) is 0 Å². The van der Waals surface area contributed by atoms with Crippen molar-refractivity contribution < 1.29 is 9.53 Å². The van der Waals surface area contributed by atoms with Gasteiger partial charge in [0, 0.05) is 12.1 Å². The standard InChI is InChI=1S/C9H6BrNO2/c1-13-9(12)5-4-8-7(10)3-2-6-11-8/h2-3,6H,1H3. The van der Waals surface area contributed by atoms with Gasteiger partial charge < -0.3 is 4.74 Å². The molecule has 1 rings (SSSR count). The smallest absolute Gasteiger partial charge is 0.384 e. The van der Waals surface area contributed by atoms with Crippen LogP contribution in [0.1, 0.15) is 5.69 Å². The van der Waals surface area contributed by atoms with Crippen molar-refractivity contribution in [2.24, 2.45) is 0 Å². The van der Waals surface area contributed by atoms with Gasteiger partial charge in [0.25, 0.3) is 0 Å². The maximum Gasteiger partial charge on any atom is 0.384 e. The van der Waals surface area contributed by atoms with E-state index < -0.39 is 5.97 Å². The van der Waals surface area contributed by atoms with Crippen molar-refractivity contribution in [3.8, 4) is 11.8 Å². The zero-order chi connectivity index (χ0) is 9.68. The minimum Gasteiger partial charge on any atom is -0.459 e. The Kier molecular flexibility index (Phi) is 3.47.